The molecule has 0 saturated carbocycles. The van der Waals surface area contributed by atoms with Crippen LogP contribution in [0.2, 0.25) is 0 Å². The molecule has 0 N–H and O–H groups in total. The average Bonchev–Trinajstić information content (AvgIpc) is 3.66. The van der Waals surface area contributed by atoms with Gasteiger partial charge in [0.25, 0.3) is 0 Å². The molecule has 15 aromatic carbocycles. The van der Waals surface area contributed by atoms with E-state index >= 15 is 0 Å². The summed E-state index contributed by atoms with van der Waals surface area (Å²) in [6.45, 7) is 2.43. The van der Waals surface area contributed by atoms with Crippen LogP contribution in [0.15, 0.2) is 279 Å². The van der Waals surface area contributed by atoms with Gasteiger partial charge in [-0.15, -0.1) is 0 Å². The Morgan fingerprint density at radius 2 is 0.506 bits per heavy atom. The van der Waals surface area contributed by atoms with Gasteiger partial charge in [-0.25, -0.2) is 0 Å². The molecule has 368 valence electrons. The molecule has 0 nitrogen and oxygen atoms in total. The van der Waals surface area contributed by atoms with E-state index in [2.05, 4.69) is 292 Å². The molecule has 0 amide bonds. The van der Waals surface area contributed by atoms with Crippen LogP contribution in [-0.4, -0.2) is 0 Å². The molecule has 0 heterocycles. The third-order valence-corrected chi connectivity index (χ3v) is 17.5. The Kier molecular flexibility index (Phi) is 10.4. The number of allylic oxidation sites excluding steroid dienone is 1. The average molecular weight is 1000 g/mol. The molecule has 0 aromatic heterocycles. The van der Waals surface area contributed by atoms with Crippen LogP contribution in [0, 0.1) is 0 Å². The molecule has 0 bridgehead atoms. The van der Waals surface area contributed by atoms with E-state index in [0.717, 1.165) is 0 Å². The molecule has 1 aliphatic carbocycles. The normalized spacial score (nSPS) is 14.3. The van der Waals surface area contributed by atoms with Crippen molar-refractivity contribution in [2.75, 3.05) is 0 Å². The number of fused-ring (bicyclic) bond motifs is 12. The first-order chi connectivity index (χ1) is 39.0. The number of benzene rings is 15. The van der Waals surface area contributed by atoms with Crippen molar-refractivity contribution in [2.45, 2.75) is 18.8 Å². The molecule has 0 spiro atoms. The summed E-state index contributed by atoms with van der Waals surface area (Å²) in [5.74, 6) is 0.382. The summed E-state index contributed by atoms with van der Waals surface area (Å²) in [4.78, 5) is 0. The minimum atomic E-state index is 0.131. The van der Waals surface area contributed by atoms with Crippen molar-refractivity contribution in [3.63, 3.8) is 0 Å². The second-order valence-electron chi connectivity index (χ2n) is 22.0. The van der Waals surface area contributed by atoms with Gasteiger partial charge < -0.3 is 0 Å². The van der Waals surface area contributed by atoms with Crippen LogP contribution < -0.4 is 0 Å². The highest BCUT2D eigenvalue weighted by Gasteiger charge is 2.28. The van der Waals surface area contributed by atoms with Crippen LogP contribution in [0.3, 0.4) is 0 Å². The number of rotatable bonds is 6. The topological polar surface area (TPSA) is 0 Å². The maximum absolute atomic E-state index is 2.61. The van der Waals surface area contributed by atoms with E-state index in [-0.39, 0.29) is 11.8 Å². The Balaban J connectivity index is 1.08. The van der Waals surface area contributed by atoms with Crippen LogP contribution in [0.25, 0.3) is 148 Å². The molecule has 0 radical (unpaired) electrons. The summed E-state index contributed by atoms with van der Waals surface area (Å²) in [5, 5.41) is 19.8. The Hall–Kier alpha value is -9.88. The lowest BCUT2D eigenvalue weighted by atomic mass is 9.74. The first kappa shape index (κ1) is 45.3. The fourth-order valence-corrected chi connectivity index (χ4v) is 13.4. The van der Waals surface area contributed by atoms with Crippen molar-refractivity contribution >= 4 is 92.3 Å². The van der Waals surface area contributed by atoms with Gasteiger partial charge in [-0.3, -0.25) is 0 Å². The summed E-state index contributed by atoms with van der Waals surface area (Å²) in [5.41, 5.74) is 16.2. The summed E-state index contributed by atoms with van der Waals surface area (Å²) in [6.07, 6.45) is 4.85. The minimum absolute atomic E-state index is 0.131. The van der Waals surface area contributed by atoms with Crippen LogP contribution in [0.5, 0.6) is 0 Å². The van der Waals surface area contributed by atoms with Crippen molar-refractivity contribution < 1.29 is 0 Å². The van der Waals surface area contributed by atoms with Gasteiger partial charge in [0.05, 0.1) is 0 Å². The highest BCUT2D eigenvalue weighted by molar-refractivity contribution is 6.29. The zero-order valence-corrected chi connectivity index (χ0v) is 43.8. The van der Waals surface area contributed by atoms with Gasteiger partial charge in [-0.2, -0.15) is 0 Å². The van der Waals surface area contributed by atoms with E-state index in [1.165, 1.54) is 159 Å². The van der Waals surface area contributed by atoms with Gasteiger partial charge >= 0.3 is 0 Å². The van der Waals surface area contributed by atoms with Gasteiger partial charge in [0.2, 0.25) is 0 Å². The van der Waals surface area contributed by atoms with Crippen molar-refractivity contribution in [3.05, 3.63) is 296 Å². The highest BCUT2D eigenvalue weighted by atomic mass is 14.3. The van der Waals surface area contributed by atoms with Crippen LogP contribution in [0.4, 0.5) is 0 Å². The molecule has 79 heavy (non-hydrogen) atoms. The summed E-state index contributed by atoms with van der Waals surface area (Å²) < 4.78 is 0. The third-order valence-electron chi connectivity index (χ3n) is 17.5. The molecule has 0 fully saturated rings. The van der Waals surface area contributed by atoms with Gasteiger partial charge in [-0.05, 0) is 231 Å². The monoisotopic (exact) mass is 1000 g/mol. The molecule has 16 rings (SSSR count). The zero-order chi connectivity index (χ0) is 52.1. The van der Waals surface area contributed by atoms with Gasteiger partial charge in [0.15, 0.2) is 0 Å². The fraction of sp³-hybridized carbons (Fsp3) is 0.0380. The second kappa shape index (κ2) is 18.1. The number of hydrogen-bond donors (Lipinski definition) is 0. The molecule has 1 aliphatic rings. The van der Waals surface area contributed by atoms with E-state index < -0.39 is 0 Å². The minimum Gasteiger partial charge on any atom is -0.0758 e. The van der Waals surface area contributed by atoms with E-state index in [0.29, 0.717) is 0 Å². The van der Waals surface area contributed by atoms with Crippen molar-refractivity contribution in [1.82, 2.24) is 0 Å². The first-order valence-electron chi connectivity index (χ1n) is 27.8. The molecule has 0 saturated heterocycles. The first-order valence-corrected chi connectivity index (χ1v) is 27.8. The molecule has 0 aliphatic heterocycles. The van der Waals surface area contributed by atoms with E-state index in [4.69, 9.17) is 0 Å². The predicted octanol–water partition coefficient (Wildman–Crippen LogP) is 22.2. The smallest absolute Gasteiger partial charge is 0.00939 e. The van der Waals surface area contributed by atoms with E-state index in [9.17, 15) is 0 Å². The third kappa shape index (κ3) is 7.59. The van der Waals surface area contributed by atoms with Gasteiger partial charge in [-0.1, -0.05) is 225 Å². The maximum atomic E-state index is 2.61. The van der Waals surface area contributed by atoms with Crippen molar-refractivity contribution in [1.29, 1.82) is 0 Å². The van der Waals surface area contributed by atoms with E-state index in [1.54, 1.807) is 0 Å². The summed E-state index contributed by atoms with van der Waals surface area (Å²) in [7, 11) is 0. The molecule has 15 aromatic rings. The van der Waals surface area contributed by atoms with Gasteiger partial charge in [0.1, 0.15) is 0 Å². The lowest BCUT2D eigenvalue weighted by Crippen LogP contribution is -2.12. The quantitative estimate of drug-likeness (QED) is 0.146. The van der Waals surface area contributed by atoms with Crippen LogP contribution >= 0.6 is 0 Å². The maximum Gasteiger partial charge on any atom is 0.00939 e. The standard InChI is InChI=1S/C79H52/c1-49-66-25-13-12-19-55(66)36-37-67(49)73-48-79-77-46-71(64-34-29-53-17-5-10-23-59(53)41-64)69(62-32-27-51-15-3-8-21-57(51)39-62)44-75(77)74-43-68(61-31-26-50-14-2-7-20-56(50)38-61)70(63-33-28-52-16-4-9-22-58(52)40-63)45-76(74)78(79)47-72(73)65-35-30-54-18-6-11-24-60(54)42-65/h2-49,67H,1H3. The Morgan fingerprint density at radius 1 is 0.228 bits per heavy atom. The summed E-state index contributed by atoms with van der Waals surface area (Å²) >= 11 is 0. The molecule has 2 unspecified atom stereocenters. The molecular weight excluding hydrogens is 949 g/mol. The Morgan fingerprint density at radius 3 is 0.861 bits per heavy atom. The second-order valence-corrected chi connectivity index (χ2v) is 22.0. The van der Waals surface area contributed by atoms with E-state index in [1.807, 2.05) is 0 Å². The van der Waals surface area contributed by atoms with Gasteiger partial charge in [0, 0.05) is 5.92 Å². The SMILES string of the molecule is CC1c2ccccc2C=CC1c1cc2c3cc(-c4ccc5ccccc5c4)c(-c4ccc5ccccc5c4)cc3c3cc(-c4ccc5ccccc5c4)c(-c4ccc5ccccc5c4)cc3c2cc1-c1ccc2ccccc2c1. The Bertz CT molecular complexity index is 4930. The fourth-order valence-electron chi connectivity index (χ4n) is 13.4. The number of hydrogen-bond acceptors (Lipinski definition) is 0. The van der Waals surface area contributed by atoms with Crippen molar-refractivity contribution in [2.24, 2.45) is 0 Å². The van der Waals surface area contributed by atoms with Crippen LogP contribution in [0.1, 0.15) is 35.4 Å². The highest BCUT2D eigenvalue weighted by Crippen LogP contribution is 2.51. The Labute approximate surface area is 459 Å². The predicted molar refractivity (Wildman–Crippen MR) is 340 cm³/mol. The van der Waals surface area contributed by atoms with Crippen molar-refractivity contribution in [3.8, 4) is 55.6 Å². The lowest BCUT2D eigenvalue weighted by molar-refractivity contribution is 0.671. The molecule has 2 atom stereocenters. The molecule has 0 heteroatoms. The molecular formula is C79H52. The van der Waals surface area contributed by atoms with Crippen LogP contribution in [-0.2, 0) is 0 Å². The lowest BCUT2D eigenvalue weighted by Gasteiger charge is -2.30. The zero-order valence-electron chi connectivity index (χ0n) is 43.8. The largest absolute Gasteiger partial charge is 0.0758 e. The summed E-state index contributed by atoms with van der Waals surface area (Å²) in [6, 6.07) is 103.